The van der Waals surface area contributed by atoms with Gasteiger partial charge < -0.3 is 14.6 Å². The molecule has 0 spiro atoms. The molecule has 0 aromatic heterocycles. The fourth-order valence-electron chi connectivity index (χ4n) is 3.67. The second-order valence-electron chi connectivity index (χ2n) is 5.63. The molecule has 1 N–H and O–H groups in total. The van der Waals surface area contributed by atoms with Gasteiger partial charge in [0, 0.05) is 18.8 Å². The largest absolute Gasteiger partial charge is 0.461 e. The van der Waals surface area contributed by atoms with Crippen molar-refractivity contribution in [3.05, 3.63) is 0 Å². The Balaban J connectivity index is 1.68. The average molecular weight is 276 g/mol. The quantitative estimate of drug-likeness (QED) is 0.753. The molecule has 5 nitrogen and oxygen atoms in total. The first kappa shape index (κ1) is 12.8. The zero-order chi connectivity index (χ0) is 13.9. The molecule has 6 unspecified atom stereocenters. The first-order valence-corrected chi connectivity index (χ1v) is 6.24. The highest BCUT2D eigenvalue weighted by molar-refractivity contribution is 5.78. The Morgan fingerprint density at radius 1 is 1.53 bits per heavy atom. The van der Waals surface area contributed by atoms with Crippen LogP contribution in [0.25, 0.3) is 0 Å². The van der Waals surface area contributed by atoms with E-state index in [1.54, 1.807) is 0 Å². The smallest absolute Gasteiger partial charge is 0.376 e. The second-order valence-corrected chi connectivity index (χ2v) is 5.63. The Labute approximate surface area is 107 Å². The summed E-state index contributed by atoms with van der Waals surface area (Å²) in [4.78, 5) is 22.6. The van der Waals surface area contributed by atoms with Crippen LogP contribution in [0.2, 0.25) is 0 Å². The summed E-state index contributed by atoms with van der Waals surface area (Å²) in [6, 6.07) is 0. The SMILES string of the molecule is CC(F)(F)C(=O)OCC1C2CC3C1OC(=O)C3C2O. The van der Waals surface area contributed by atoms with E-state index in [1.165, 1.54) is 0 Å². The molecule has 106 valence electrons. The number of ether oxygens (including phenoxy) is 2. The fraction of sp³-hybridized carbons (Fsp3) is 0.833. The van der Waals surface area contributed by atoms with E-state index in [4.69, 9.17) is 4.74 Å². The Morgan fingerprint density at radius 3 is 2.84 bits per heavy atom. The third-order valence-electron chi connectivity index (χ3n) is 4.50. The molecule has 1 saturated heterocycles. The summed E-state index contributed by atoms with van der Waals surface area (Å²) in [5.41, 5.74) is 0. The number of fused-ring (bicyclic) bond motifs is 1. The van der Waals surface area contributed by atoms with E-state index < -0.39 is 36.0 Å². The van der Waals surface area contributed by atoms with Gasteiger partial charge >= 0.3 is 17.9 Å². The lowest BCUT2D eigenvalue weighted by atomic mass is 9.80. The summed E-state index contributed by atoms with van der Waals surface area (Å²) < 4.78 is 35.1. The molecular formula is C12H14F2O5. The van der Waals surface area contributed by atoms with E-state index >= 15 is 0 Å². The molecule has 6 atom stereocenters. The van der Waals surface area contributed by atoms with Crippen LogP contribution in [0.15, 0.2) is 0 Å². The van der Waals surface area contributed by atoms with Crippen LogP contribution in [0.3, 0.4) is 0 Å². The van der Waals surface area contributed by atoms with Gasteiger partial charge in [-0.1, -0.05) is 0 Å². The van der Waals surface area contributed by atoms with Crippen molar-refractivity contribution in [3.63, 3.8) is 0 Å². The molecule has 3 aliphatic rings. The van der Waals surface area contributed by atoms with Crippen LogP contribution in [0, 0.1) is 23.7 Å². The summed E-state index contributed by atoms with van der Waals surface area (Å²) in [7, 11) is 0. The van der Waals surface area contributed by atoms with Gasteiger partial charge in [0.15, 0.2) is 0 Å². The van der Waals surface area contributed by atoms with E-state index in [-0.39, 0.29) is 24.4 Å². The average Bonchev–Trinajstić information content (AvgIpc) is 2.87. The predicted molar refractivity (Wildman–Crippen MR) is 56.0 cm³/mol. The van der Waals surface area contributed by atoms with Crippen molar-refractivity contribution in [1.82, 2.24) is 0 Å². The predicted octanol–water partition coefficient (Wildman–Crippen LogP) is 0.353. The van der Waals surface area contributed by atoms with Gasteiger partial charge in [-0.05, 0) is 12.3 Å². The molecule has 2 bridgehead atoms. The Bertz CT molecular complexity index is 432. The maximum Gasteiger partial charge on any atom is 0.376 e. The van der Waals surface area contributed by atoms with Crippen molar-refractivity contribution >= 4 is 11.9 Å². The lowest BCUT2D eigenvalue weighted by molar-refractivity contribution is -0.173. The third kappa shape index (κ3) is 1.74. The number of hydrogen-bond donors (Lipinski definition) is 1. The van der Waals surface area contributed by atoms with Gasteiger partial charge in [0.2, 0.25) is 0 Å². The van der Waals surface area contributed by atoms with Gasteiger partial charge in [-0.25, -0.2) is 4.79 Å². The summed E-state index contributed by atoms with van der Waals surface area (Å²) >= 11 is 0. The van der Waals surface area contributed by atoms with Gasteiger partial charge in [-0.15, -0.1) is 0 Å². The van der Waals surface area contributed by atoms with Crippen molar-refractivity contribution in [2.24, 2.45) is 23.7 Å². The molecule has 19 heavy (non-hydrogen) atoms. The molecule has 0 radical (unpaired) electrons. The second kappa shape index (κ2) is 3.88. The van der Waals surface area contributed by atoms with Crippen molar-refractivity contribution < 1.29 is 33.0 Å². The van der Waals surface area contributed by atoms with Crippen molar-refractivity contribution in [2.45, 2.75) is 31.5 Å². The molecule has 2 saturated carbocycles. The number of aliphatic hydroxyl groups excluding tert-OH is 1. The van der Waals surface area contributed by atoms with Crippen molar-refractivity contribution in [1.29, 1.82) is 0 Å². The van der Waals surface area contributed by atoms with E-state index in [0.29, 0.717) is 13.3 Å². The highest BCUT2D eigenvalue weighted by Gasteiger charge is 2.66. The molecule has 7 heteroatoms. The van der Waals surface area contributed by atoms with Crippen molar-refractivity contribution in [2.75, 3.05) is 6.61 Å². The van der Waals surface area contributed by atoms with E-state index in [2.05, 4.69) is 4.74 Å². The number of carbonyl (C=O) groups excluding carboxylic acids is 2. The van der Waals surface area contributed by atoms with Crippen LogP contribution in [-0.4, -0.2) is 41.8 Å². The maximum atomic E-state index is 12.7. The molecule has 2 aliphatic carbocycles. The minimum atomic E-state index is -3.54. The molecule has 0 amide bonds. The van der Waals surface area contributed by atoms with Crippen molar-refractivity contribution in [3.8, 4) is 0 Å². The number of alkyl halides is 2. The standard InChI is InChI=1S/C12H14F2O5/c1-12(13,14)11(17)18-3-6-4-2-5-7(8(4)15)10(16)19-9(5)6/h4-9,15H,2-3H2,1H3. The first-order chi connectivity index (χ1) is 8.80. The molecule has 0 aromatic carbocycles. The lowest BCUT2D eigenvalue weighted by Crippen LogP contribution is -2.40. The van der Waals surface area contributed by atoms with Crippen LogP contribution in [0.5, 0.6) is 0 Å². The Kier molecular flexibility index (Phi) is 2.61. The minimum absolute atomic E-state index is 0.0710. The van der Waals surface area contributed by atoms with Gasteiger partial charge in [0.1, 0.15) is 6.10 Å². The minimum Gasteiger partial charge on any atom is -0.461 e. The Morgan fingerprint density at radius 2 is 2.21 bits per heavy atom. The fourth-order valence-corrected chi connectivity index (χ4v) is 3.67. The number of halogens is 2. The van der Waals surface area contributed by atoms with Crippen LogP contribution in [0.4, 0.5) is 8.78 Å². The number of rotatable bonds is 3. The van der Waals surface area contributed by atoms with Crippen LogP contribution < -0.4 is 0 Å². The normalized spacial score (nSPS) is 43.5. The topological polar surface area (TPSA) is 72.8 Å². The third-order valence-corrected chi connectivity index (χ3v) is 4.50. The summed E-state index contributed by atoms with van der Waals surface area (Å²) in [5, 5.41) is 9.98. The monoisotopic (exact) mass is 276 g/mol. The molecule has 1 heterocycles. The highest BCUT2D eigenvalue weighted by Crippen LogP contribution is 2.57. The van der Waals surface area contributed by atoms with Crippen LogP contribution in [0.1, 0.15) is 13.3 Å². The van der Waals surface area contributed by atoms with Gasteiger partial charge in [0.05, 0.1) is 18.6 Å². The number of hydrogen-bond acceptors (Lipinski definition) is 5. The van der Waals surface area contributed by atoms with Gasteiger partial charge in [-0.2, -0.15) is 8.78 Å². The van der Waals surface area contributed by atoms with Gasteiger partial charge in [0.25, 0.3) is 0 Å². The first-order valence-electron chi connectivity index (χ1n) is 6.24. The van der Waals surface area contributed by atoms with E-state index in [1.807, 2.05) is 0 Å². The molecule has 1 aliphatic heterocycles. The van der Waals surface area contributed by atoms with E-state index in [0.717, 1.165) is 0 Å². The van der Waals surface area contributed by atoms with Crippen LogP contribution >= 0.6 is 0 Å². The zero-order valence-electron chi connectivity index (χ0n) is 10.2. The molecule has 3 fully saturated rings. The molecule has 3 rings (SSSR count). The number of carbonyl (C=O) groups is 2. The molecule has 0 aromatic rings. The van der Waals surface area contributed by atoms with E-state index in [9.17, 15) is 23.5 Å². The lowest BCUT2D eigenvalue weighted by Gasteiger charge is -2.28. The molecular weight excluding hydrogens is 262 g/mol. The summed E-state index contributed by atoms with van der Waals surface area (Å²) in [5.74, 6) is -6.72. The highest BCUT2D eigenvalue weighted by atomic mass is 19.3. The summed E-state index contributed by atoms with van der Waals surface area (Å²) in [6.45, 7) is 0.224. The zero-order valence-corrected chi connectivity index (χ0v) is 10.2. The Hall–Kier alpha value is -1.24. The number of esters is 2. The van der Waals surface area contributed by atoms with Gasteiger partial charge in [-0.3, -0.25) is 4.79 Å². The number of aliphatic hydroxyl groups is 1. The van der Waals surface area contributed by atoms with Crippen LogP contribution in [-0.2, 0) is 19.1 Å². The summed E-state index contributed by atoms with van der Waals surface area (Å²) in [6.07, 6.45) is -0.612. The maximum absolute atomic E-state index is 12.7.